The number of hydrogen-bond acceptors (Lipinski definition) is 3. The van der Waals surface area contributed by atoms with Gasteiger partial charge in [0.15, 0.2) is 0 Å². The van der Waals surface area contributed by atoms with Gasteiger partial charge in [-0.25, -0.2) is 0 Å². The van der Waals surface area contributed by atoms with Crippen LogP contribution in [0.5, 0.6) is 0 Å². The molecule has 1 aliphatic rings. The Kier molecular flexibility index (Phi) is 5.63. The maximum absolute atomic E-state index is 11.7. The zero-order chi connectivity index (χ0) is 13.7. The van der Waals surface area contributed by atoms with Crippen LogP contribution >= 0.6 is 0 Å². The van der Waals surface area contributed by atoms with Crippen LogP contribution in [0.15, 0.2) is 0 Å². The largest absolute Gasteiger partial charge is 0.462 e. The molecule has 104 valence electrons. The second-order valence-electron chi connectivity index (χ2n) is 5.82. The first-order valence-corrected chi connectivity index (χ1v) is 6.88. The number of primary amides is 1. The SMILES string of the molecule is CC1CC[C@@H](C(C)C)C(OC(=O)CCC(N)=O)C1. The molecule has 0 saturated heterocycles. The highest BCUT2D eigenvalue weighted by atomic mass is 16.5. The molecule has 0 radical (unpaired) electrons. The van der Waals surface area contributed by atoms with Gasteiger partial charge in [-0.1, -0.05) is 27.2 Å². The van der Waals surface area contributed by atoms with Crippen molar-refractivity contribution in [2.24, 2.45) is 23.5 Å². The normalized spacial score (nSPS) is 28.1. The Labute approximate surface area is 109 Å². The third kappa shape index (κ3) is 4.67. The van der Waals surface area contributed by atoms with E-state index in [2.05, 4.69) is 20.8 Å². The summed E-state index contributed by atoms with van der Waals surface area (Å²) in [6.07, 6.45) is 3.45. The van der Waals surface area contributed by atoms with Crippen molar-refractivity contribution in [1.29, 1.82) is 0 Å². The van der Waals surface area contributed by atoms with Crippen LogP contribution in [0.4, 0.5) is 0 Å². The zero-order valence-electron chi connectivity index (χ0n) is 11.6. The van der Waals surface area contributed by atoms with Crippen molar-refractivity contribution in [3.63, 3.8) is 0 Å². The van der Waals surface area contributed by atoms with Crippen LogP contribution < -0.4 is 5.73 Å². The smallest absolute Gasteiger partial charge is 0.306 e. The molecule has 0 aromatic rings. The molecule has 1 fully saturated rings. The zero-order valence-corrected chi connectivity index (χ0v) is 11.6. The first-order chi connectivity index (χ1) is 8.40. The van der Waals surface area contributed by atoms with Gasteiger partial charge in [-0.05, 0) is 30.6 Å². The third-order valence-electron chi connectivity index (χ3n) is 3.82. The molecule has 0 aromatic heterocycles. The lowest BCUT2D eigenvalue weighted by molar-refractivity contribution is -0.156. The van der Waals surface area contributed by atoms with Crippen molar-refractivity contribution < 1.29 is 14.3 Å². The predicted octanol–water partition coefficient (Wildman–Crippen LogP) is 2.26. The van der Waals surface area contributed by atoms with Crippen LogP contribution in [0.2, 0.25) is 0 Å². The maximum Gasteiger partial charge on any atom is 0.306 e. The second kappa shape index (κ2) is 6.76. The highest BCUT2D eigenvalue weighted by Crippen LogP contribution is 2.35. The van der Waals surface area contributed by atoms with E-state index in [1.165, 1.54) is 6.42 Å². The molecule has 0 bridgehead atoms. The average molecular weight is 255 g/mol. The molecule has 0 spiro atoms. The molecule has 2 unspecified atom stereocenters. The van der Waals surface area contributed by atoms with Gasteiger partial charge in [0.2, 0.25) is 5.91 Å². The molecule has 1 amide bonds. The van der Waals surface area contributed by atoms with Crippen LogP contribution in [-0.2, 0) is 14.3 Å². The summed E-state index contributed by atoms with van der Waals surface area (Å²) in [7, 11) is 0. The summed E-state index contributed by atoms with van der Waals surface area (Å²) in [6.45, 7) is 6.54. The van der Waals surface area contributed by atoms with Crippen molar-refractivity contribution in [2.75, 3.05) is 0 Å². The molecule has 2 N–H and O–H groups in total. The van der Waals surface area contributed by atoms with Gasteiger partial charge in [-0.2, -0.15) is 0 Å². The second-order valence-corrected chi connectivity index (χ2v) is 5.82. The number of carbonyl (C=O) groups excluding carboxylic acids is 2. The summed E-state index contributed by atoms with van der Waals surface area (Å²) < 4.78 is 5.54. The van der Waals surface area contributed by atoms with E-state index < -0.39 is 5.91 Å². The molecule has 1 rings (SSSR count). The fourth-order valence-corrected chi connectivity index (χ4v) is 2.70. The highest BCUT2D eigenvalue weighted by molar-refractivity contribution is 5.80. The Morgan fingerprint density at radius 3 is 2.50 bits per heavy atom. The minimum Gasteiger partial charge on any atom is -0.462 e. The summed E-state index contributed by atoms with van der Waals surface area (Å²) in [6, 6.07) is 0. The molecule has 3 atom stereocenters. The fraction of sp³-hybridized carbons (Fsp3) is 0.857. The Morgan fingerprint density at radius 1 is 1.28 bits per heavy atom. The van der Waals surface area contributed by atoms with Gasteiger partial charge in [-0.15, -0.1) is 0 Å². The number of ether oxygens (including phenoxy) is 1. The number of hydrogen-bond donors (Lipinski definition) is 1. The topological polar surface area (TPSA) is 69.4 Å². The van der Waals surface area contributed by atoms with Crippen molar-refractivity contribution in [3.8, 4) is 0 Å². The number of nitrogens with two attached hydrogens (primary N) is 1. The van der Waals surface area contributed by atoms with Crippen molar-refractivity contribution in [2.45, 2.75) is 59.0 Å². The molecule has 4 nitrogen and oxygen atoms in total. The van der Waals surface area contributed by atoms with Crippen molar-refractivity contribution in [1.82, 2.24) is 0 Å². The molecule has 1 aliphatic carbocycles. The molecule has 0 heterocycles. The van der Waals surface area contributed by atoms with Gasteiger partial charge in [0, 0.05) is 6.42 Å². The highest BCUT2D eigenvalue weighted by Gasteiger charge is 2.33. The van der Waals surface area contributed by atoms with Gasteiger partial charge in [0.1, 0.15) is 6.10 Å². The first-order valence-electron chi connectivity index (χ1n) is 6.88. The van der Waals surface area contributed by atoms with Gasteiger partial charge < -0.3 is 10.5 Å². The molecule has 0 aliphatic heterocycles. The van der Waals surface area contributed by atoms with Gasteiger partial charge >= 0.3 is 5.97 Å². The number of rotatable bonds is 5. The summed E-state index contributed by atoms with van der Waals surface area (Å²) in [5.74, 6) is 0.821. The van der Waals surface area contributed by atoms with Gasteiger partial charge in [0.05, 0.1) is 6.42 Å². The monoisotopic (exact) mass is 255 g/mol. The lowest BCUT2D eigenvalue weighted by Crippen LogP contribution is -2.36. The van der Waals surface area contributed by atoms with Crippen molar-refractivity contribution in [3.05, 3.63) is 0 Å². The standard InChI is InChI=1S/C14H25NO3/c1-9(2)11-5-4-10(3)8-12(11)18-14(17)7-6-13(15)16/h9-12H,4-8H2,1-3H3,(H2,15,16)/t10?,11-,12?/m0/s1. The molecule has 4 heteroatoms. The number of esters is 1. The van der Waals surface area contributed by atoms with Gasteiger partial charge in [-0.3, -0.25) is 9.59 Å². The van der Waals surface area contributed by atoms with E-state index in [0.717, 1.165) is 12.8 Å². The van der Waals surface area contributed by atoms with Crippen LogP contribution in [0.3, 0.4) is 0 Å². The molecular weight excluding hydrogens is 230 g/mol. The minimum absolute atomic E-state index is 0.00845. The van der Waals surface area contributed by atoms with Crippen LogP contribution in [0.1, 0.15) is 52.9 Å². The van der Waals surface area contributed by atoms with E-state index in [9.17, 15) is 9.59 Å². The quantitative estimate of drug-likeness (QED) is 0.766. The van der Waals surface area contributed by atoms with E-state index >= 15 is 0 Å². The fourth-order valence-electron chi connectivity index (χ4n) is 2.70. The van der Waals surface area contributed by atoms with E-state index in [4.69, 9.17) is 10.5 Å². The molecule has 1 saturated carbocycles. The Balaban J connectivity index is 2.49. The van der Waals surface area contributed by atoms with E-state index in [1.54, 1.807) is 0 Å². The Hall–Kier alpha value is -1.06. The van der Waals surface area contributed by atoms with Crippen LogP contribution in [0.25, 0.3) is 0 Å². The summed E-state index contributed by atoms with van der Waals surface area (Å²) in [5.41, 5.74) is 5.02. The van der Waals surface area contributed by atoms with E-state index in [1.807, 2.05) is 0 Å². The lowest BCUT2D eigenvalue weighted by atomic mass is 9.75. The first kappa shape index (κ1) is 15.0. The maximum atomic E-state index is 11.7. The molecule has 0 aromatic carbocycles. The summed E-state index contributed by atoms with van der Waals surface area (Å²) in [5, 5.41) is 0. The minimum atomic E-state index is -0.454. The van der Waals surface area contributed by atoms with Crippen LogP contribution in [-0.4, -0.2) is 18.0 Å². The third-order valence-corrected chi connectivity index (χ3v) is 3.82. The van der Waals surface area contributed by atoms with E-state index in [-0.39, 0.29) is 24.9 Å². The summed E-state index contributed by atoms with van der Waals surface area (Å²) in [4.78, 5) is 22.3. The molecular formula is C14H25NO3. The summed E-state index contributed by atoms with van der Waals surface area (Å²) >= 11 is 0. The predicted molar refractivity (Wildman–Crippen MR) is 69.7 cm³/mol. The van der Waals surface area contributed by atoms with Gasteiger partial charge in [0.25, 0.3) is 0 Å². The molecule has 18 heavy (non-hydrogen) atoms. The van der Waals surface area contributed by atoms with E-state index in [0.29, 0.717) is 17.8 Å². The number of amides is 1. The van der Waals surface area contributed by atoms with Crippen LogP contribution in [0, 0.1) is 17.8 Å². The Bertz CT molecular complexity index is 301. The number of carbonyl (C=O) groups is 2. The lowest BCUT2D eigenvalue weighted by Gasteiger charge is -2.36. The van der Waals surface area contributed by atoms with Crippen molar-refractivity contribution >= 4 is 11.9 Å². The average Bonchev–Trinajstić information content (AvgIpc) is 2.26. The Morgan fingerprint density at radius 2 is 1.94 bits per heavy atom.